The number of rotatable bonds is 1. The molecule has 3 heteroatoms. The van der Waals surface area contributed by atoms with Gasteiger partial charge in [0.25, 0.3) is 0 Å². The Bertz CT molecular complexity index is 442. The molecule has 0 aliphatic carbocycles. The molecule has 2 nitrogen and oxygen atoms in total. The second-order valence-electron chi connectivity index (χ2n) is 2.82. The molecule has 1 atom stereocenters. The summed E-state index contributed by atoms with van der Waals surface area (Å²) in [4.78, 5) is 0. The Balaban J connectivity index is 2.84. The van der Waals surface area contributed by atoms with Crippen LogP contribution < -0.4 is 5.09 Å². The molecule has 0 saturated heterocycles. The molecule has 2 aromatic carbocycles. The number of nitrogens with one attached hydrogen (secondary N) is 1. The number of anilines is 1. The molecule has 0 aliphatic rings. The molecule has 0 heterocycles. The summed E-state index contributed by atoms with van der Waals surface area (Å²) in [6.45, 7) is 0. The fraction of sp³-hybridized carbons (Fsp3) is 0. The predicted octanol–water partition coefficient (Wildman–Crippen LogP) is 2.75. The van der Waals surface area contributed by atoms with Crippen LogP contribution in [0.5, 0.6) is 5.75 Å². The van der Waals surface area contributed by atoms with E-state index in [1.54, 1.807) is 6.07 Å². The summed E-state index contributed by atoms with van der Waals surface area (Å²) >= 11 is 0. The molecular formula is C10H10NOP. The molecule has 2 rings (SSSR count). The lowest BCUT2D eigenvalue weighted by molar-refractivity contribution is 0.481. The average Bonchev–Trinajstić information content (AvgIpc) is 2.19. The van der Waals surface area contributed by atoms with E-state index in [9.17, 15) is 5.11 Å². The van der Waals surface area contributed by atoms with Crippen LogP contribution >= 0.6 is 9.39 Å². The lowest BCUT2D eigenvalue weighted by atomic mass is 10.1. The van der Waals surface area contributed by atoms with Crippen LogP contribution in [0, 0.1) is 0 Å². The first-order valence-corrected chi connectivity index (χ1v) is 4.58. The summed E-state index contributed by atoms with van der Waals surface area (Å²) < 4.78 is 0. The van der Waals surface area contributed by atoms with E-state index in [4.69, 9.17) is 0 Å². The number of hydrogen-bond donors (Lipinski definition) is 2. The van der Waals surface area contributed by atoms with Gasteiger partial charge >= 0.3 is 0 Å². The maximum Gasteiger partial charge on any atom is 0.123 e. The van der Waals surface area contributed by atoms with Crippen LogP contribution in [0.2, 0.25) is 0 Å². The standard InChI is InChI=1S/C10H10NOP/c12-10-6-5-9(11-13)7-3-1-2-4-8(7)10/h1-6,11-12H,13H2. The van der Waals surface area contributed by atoms with E-state index in [-0.39, 0.29) is 0 Å². The zero-order chi connectivity index (χ0) is 9.26. The highest BCUT2D eigenvalue weighted by atomic mass is 31.0. The van der Waals surface area contributed by atoms with Crippen LogP contribution in [-0.2, 0) is 0 Å². The van der Waals surface area contributed by atoms with Crippen molar-refractivity contribution in [1.82, 2.24) is 0 Å². The SMILES string of the molecule is Oc1ccc(NP)c2ccccc12. The molecule has 1 unspecified atom stereocenters. The smallest absolute Gasteiger partial charge is 0.123 e. The maximum atomic E-state index is 9.56. The minimum atomic E-state index is 0.319. The van der Waals surface area contributed by atoms with Crippen LogP contribution in [0.4, 0.5) is 5.69 Å². The highest BCUT2D eigenvalue weighted by Crippen LogP contribution is 2.30. The van der Waals surface area contributed by atoms with Crippen molar-refractivity contribution in [3.8, 4) is 5.75 Å². The van der Waals surface area contributed by atoms with Gasteiger partial charge in [0.05, 0.1) is 0 Å². The summed E-state index contributed by atoms with van der Waals surface area (Å²) in [7, 11) is 2.45. The molecule has 0 saturated carbocycles. The van der Waals surface area contributed by atoms with Crippen LogP contribution in [0.25, 0.3) is 10.8 Å². The third-order valence-electron chi connectivity index (χ3n) is 2.06. The van der Waals surface area contributed by atoms with E-state index in [0.717, 1.165) is 16.5 Å². The summed E-state index contributed by atoms with van der Waals surface area (Å²) in [5, 5.41) is 14.5. The van der Waals surface area contributed by atoms with Crippen LogP contribution in [0.15, 0.2) is 36.4 Å². The van der Waals surface area contributed by atoms with Crippen molar-refractivity contribution in [1.29, 1.82) is 0 Å². The largest absolute Gasteiger partial charge is 0.507 e. The van der Waals surface area contributed by atoms with Gasteiger partial charge < -0.3 is 10.2 Å². The van der Waals surface area contributed by atoms with Gasteiger partial charge in [-0.2, -0.15) is 0 Å². The monoisotopic (exact) mass is 191 g/mol. The van der Waals surface area contributed by atoms with Gasteiger partial charge in [-0.1, -0.05) is 24.3 Å². The van der Waals surface area contributed by atoms with Gasteiger partial charge in [-0.15, -0.1) is 0 Å². The van der Waals surface area contributed by atoms with E-state index in [0.29, 0.717) is 5.75 Å². The van der Waals surface area contributed by atoms with Gasteiger partial charge in [-0.05, 0) is 21.5 Å². The van der Waals surface area contributed by atoms with Gasteiger partial charge in [0.1, 0.15) is 5.75 Å². The zero-order valence-corrected chi connectivity index (χ0v) is 8.14. The number of benzene rings is 2. The van der Waals surface area contributed by atoms with Crippen molar-refractivity contribution < 1.29 is 5.11 Å². The summed E-state index contributed by atoms with van der Waals surface area (Å²) in [5.41, 5.74) is 0.999. The Labute approximate surface area is 78.8 Å². The summed E-state index contributed by atoms with van der Waals surface area (Å²) in [6, 6.07) is 11.3. The van der Waals surface area contributed by atoms with Crippen molar-refractivity contribution in [3.05, 3.63) is 36.4 Å². The normalized spacial score (nSPS) is 10.2. The van der Waals surface area contributed by atoms with Gasteiger partial charge in [0.15, 0.2) is 0 Å². The third-order valence-corrected chi connectivity index (χ3v) is 2.37. The molecule has 0 amide bonds. The predicted molar refractivity (Wildman–Crippen MR) is 58.9 cm³/mol. The first-order valence-electron chi connectivity index (χ1n) is 4.00. The molecule has 0 bridgehead atoms. The number of aromatic hydroxyl groups is 1. The Morgan fingerprint density at radius 2 is 1.69 bits per heavy atom. The minimum Gasteiger partial charge on any atom is -0.507 e. The van der Waals surface area contributed by atoms with Crippen molar-refractivity contribution >= 4 is 25.9 Å². The van der Waals surface area contributed by atoms with E-state index < -0.39 is 0 Å². The average molecular weight is 191 g/mol. The van der Waals surface area contributed by atoms with Gasteiger partial charge in [0.2, 0.25) is 0 Å². The second-order valence-corrected chi connectivity index (χ2v) is 3.11. The maximum absolute atomic E-state index is 9.56. The van der Waals surface area contributed by atoms with E-state index in [1.165, 1.54) is 0 Å². The fourth-order valence-corrected chi connectivity index (χ4v) is 1.66. The number of fused-ring (bicyclic) bond motifs is 1. The van der Waals surface area contributed by atoms with Crippen molar-refractivity contribution in [2.24, 2.45) is 0 Å². The van der Waals surface area contributed by atoms with Crippen molar-refractivity contribution in [3.63, 3.8) is 0 Å². The highest BCUT2D eigenvalue weighted by molar-refractivity contribution is 7.18. The van der Waals surface area contributed by atoms with E-state index >= 15 is 0 Å². The molecule has 2 N–H and O–H groups in total. The highest BCUT2D eigenvalue weighted by Gasteiger charge is 2.01. The van der Waals surface area contributed by atoms with Gasteiger partial charge in [-0.3, -0.25) is 0 Å². The zero-order valence-electron chi connectivity index (χ0n) is 6.99. The molecule has 66 valence electrons. The Morgan fingerprint density at radius 1 is 1.00 bits per heavy atom. The molecule has 0 aliphatic heterocycles. The van der Waals surface area contributed by atoms with Gasteiger partial charge in [-0.25, -0.2) is 0 Å². The Morgan fingerprint density at radius 3 is 2.38 bits per heavy atom. The topological polar surface area (TPSA) is 32.3 Å². The fourth-order valence-electron chi connectivity index (χ4n) is 1.41. The summed E-state index contributed by atoms with van der Waals surface area (Å²) in [5.74, 6) is 0.319. The Hall–Kier alpha value is -1.27. The molecule has 0 radical (unpaired) electrons. The molecule has 13 heavy (non-hydrogen) atoms. The van der Waals surface area contributed by atoms with Gasteiger partial charge in [0, 0.05) is 16.5 Å². The quantitative estimate of drug-likeness (QED) is 0.536. The summed E-state index contributed by atoms with van der Waals surface area (Å²) in [6.07, 6.45) is 0. The molecular weight excluding hydrogens is 181 g/mol. The Kier molecular flexibility index (Phi) is 2.07. The molecule has 0 aromatic heterocycles. The van der Waals surface area contributed by atoms with Crippen LogP contribution in [0.3, 0.4) is 0 Å². The first kappa shape index (κ1) is 8.33. The molecule has 0 spiro atoms. The third kappa shape index (κ3) is 1.34. The van der Waals surface area contributed by atoms with Crippen LogP contribution in [-0.4, -0.2) is 5.11 Å². The van der Waals surface area contributed by atoms with Crippen LogP contribution in [0.1, 0.15) is 0 Å². The molecule has 2 aromatic rings. The number of phenolic OH excluding ortho intramolecular Hbond substituents is 1. The van der Waals surface area contributed by atoms with E-state index in [1.807, 2.05) is 30.3 Å². The lowest BCUT2D eigenvalue weighted by Gasteiger charge is -2.06. The number of hydrogen-bond acceptors (Lipinski definition) is 2. The molecule has 0 fully saturated rings. The van der Waals surface area contributed by atoms with E-state index in [2.05, 4.69) is 14.5 Å². The number of phenols is 1. The van der Waals surface area contributed by atoms with Crippen molar-refractivity contribution in [2.45, 2.75) is 0 Å². The second kappa shape index (κ2) is 3.23. The minimum absolute atomic E-state index is 0.319. The first-order chi connectivity index (χ1) is 6.33. The van der Waals surface area contributed by atoms with Crippen molar-refractivity contribution in [2.75, 3.05) is 5.09 Å². The lowest BCUT2D eigenvalue weighted by Crippen LogP contribution is -1.82.